The van der Waals surface area contributed by atoms with Crippen LogP contribution in [0.25, 0.3) is 60.6 Å². The first-order valence-corrected chi connectivity index (χ1v) is 57.6. The summed E-state index contributed by atoms with van der Waals surface area (Å²) in [6.07, 6.45) is 31.8. The summed E-state index contributed by atoms with van der Waals surface area (Å²) in [5.41, 5.74) is 23.0. The van der Waals surface area contributed by atoms with Crippen LogP contribution in [-0.4, -0.2) is 41.3 Å². The van der Waals surface area contributed by atoms with Crippen molar-refractivity contribution in [3.63, 3.8) is 0 Å². The fourth-order valence-electron chi connectivity index (χ4n) is 17.7. The SMILES string of the molecule is CCCCCCc1ccc(Br)cc1.CCCCCCc1ccc(C2(c3ccc(CCCCCC)cc3)c3cc4c(cc3-c3sccc32)C(c2ccc(CCCCCC)cc2)(c2ccc(CCCCCC)cc2)c2c-4sc3cc([Si](C)(C)C)sc23)cc1.CCOC(=O)c1cc(-c2cc3sc([Si](C)(C)C)cc3s2)c(C(=O)OCC)cc1-c1cccs1. The minimum Gasteiger partial charge on any atom is -0.462 e. The molecule has 0 unspecified atom stereocenters. The van der Waals surface area contributed by atoms with Gasteiger partial charge >= 0.3 is 11.9 Å². The van der Waals surface area contributed by atoms with E-state index in [0.717, 1.165) is 35.4 Å². The number of carbonyl (C=O) groups excluding carboxylic acids is 2. The highest BCUT2D eigenvalue weighted by Crippen LogP contribution is 2.66. The Morgan fingerprint density at radius 1 is 0.345 bits per heavy atom. The van der Waals surface area contributed by atoms with Crippen LogP contribution in [0.15, 0.2) is 197 Å². The number of aryl methyl sites for hydroxylation is 5. The number of unbranched alkanes of at least 4 members (excludes halogenated alkanes) is 15. The van der Waals surface area contributed by atoms with E-state index in [-0.39, 0.29) is 19.2 Å². The molecule has 13 heteroatoms. The van der Waals surface area contributed by atoms with Crippen LogP contribution in [0.1, 0.15) is 270 Å². The Morgan fingerprint density at radius 3 is 1.13 bits per heavy atom. The zero-order valence-corrected chi connectivity index (χ0v) is 81.5. The van der Waals surface area contributed by atoms with Gasteiger partial charge in [-0.05, 0) is 242 Å². The number of esters is 2. The van der Waals surface area contributed by atoms with Gasteiger partial charge in [0.1, 0.15) is 0 Å². The molecule has 0 amide bonds. The topological polar surface area (TPSA) is 52.6 Å². The number of ether oxygens (including phenoxy) is 2. The Balaban J connectivity index is 0.000000217. The molecule has 2 aliphatic rings. The summed E-state index contributed by atoms with van der Waals surface area (Å²) in [6.45, 7) is 30.3. The molecule has 0 fully saturated rings. The average Bonchev–Trinajstić information content (AvgIpc) is 1.50. The van der Waals surface area contributed by atoms with Gasteiger partial charge < -0.3 is 9.47 Å². The molecule has 0 N–H and O–H groups in total. The van der Waals surface area contributed by atoms with E-state index in [2.05, 4.69) is 276 Å². The predicted octanol–water partition coefficient (Wildman–Crippen LogP) is 32.6. The van der Waals surface area contributed by atoms with Crippen LogP contribution in [-0.2, 0) is 52.4 Å². The maximum Gasteiger partial charge on any atom is 0.338 e. The lowest BCUT2D eigenvalue weighted by Gasteiger charge is -2.35. The molecular formula is C106H125BrO4S6Si2. The second-order valence-electron chi connectivity index (χ2n) is 35.0. The van der Waals surface area contributed by atoms with Crippen molar-refractivity contribution in [3.05, 3.63) is 281 Å². The van der Waals surface area contributed by atoms with E-state index in [1.54, 1.807) is 41.8 Å². The lowest BCUT2D eigenvalue weighted by atomic mass is 9.65. The molecule has 119 heavy (non-hydrogen) atoms. The first kappa shape index (κ1) is 89.9. The monoisotopic (exact) mass is 1790 g/mol. The molecule has 6 aromatic heterocycles. The van der Waals surface area contributed by atoms with Gasteiger partial charge in [0.05, 0.1) is 56.0 Å². The fraction of sp³-hybridized carbons (Fsp3) is 0.396. The van der Waals surface area contributed by atoms with Gasteiger partial charge in [0.25, 0.3) is 0 Å². The van der Waals surface area contributed by atoms with Crippen LogP contribution in [0.2, 0.25) is 39.3 Å². The highest BCUT2D eigenvalue weighted by molar-refractivity contribution is 9.10. The number of hydrogen-bond donors (Lipinski definition) is 0. The third kappa shape index (κ3) is 20.2. The average molecular weight is 1790 g/mol. The number of fused-ring (bicyclic) bond motifs is 9. The van der Waals surface area contributed by atoms with E-state index >= 15 is 0 Å². The van der Waals surface area contributed by atoms with Gasteiger partial charge in [0.15, 0.2) is 0 Å². The molecule has 0 saturated carbocycles. The molecule has 0 radical (unpaired) electrons. The van der Waals surface area contributed by atoms with Crippen LogP contribution in [0.4, 0.5) is 0 Å². The van der Waals surface area contributed by atoms with Gasteiger partial charge in [0, 0.05) is 54.8 Å². The van der Waals surface area contributed by atoms with Crippen LogP contribution in [0.5, 0.6) is 0 Å². The molecule has 0 spiro atoms. The van der Waals surface area contributed by atoms with Crippen molar-refractivity contribution in [3.8, 4) is 41.8 Å². The van der Waals surface area contributed by atoms with Crippen molar-refractivity contribution in [2.75, 3.05) is 13.2 Å². The van der Waals surface area contributed by atoms with E-state index in [4.69, 9.17) is 9.47 Å². The first-order chi connectivity index (χ1) is 57.7. The summed E-state index contributed by atoms with van der Waals surface area (Å²) in [4.78, 5) is 30.6. The standard InChI is InChI=1S/C69H82S3Si.C25H26O4S3Si.C12H17Br/c1-8-12-16-20-24-49-28-36-53(37-29-49)68(54-38-30-50(31-39-54)25-21-17-13-9-2)59-44-45-70-65(59)57-46-61-58(47-60(57)68)66-64(67-62(71-66)48-63(72-67)73(5,6)7)69(61,55-40-32-51(33-41-55)26-22-18-14-10-3)56-42-34-52(35-43-56)27-23-19-15-11-4;1-6-28-24(26)17-12-16(20-13-21-22(31-20)14-23(32-21)33(3,4)5)18(25(27)29-7-2)11-15(17)19-9-8-10-30-19;1-2-3-4-5-6-11-7-9-12(13)10-8-11/h28-48H,8-27H2,1-7H3;8-14H,6-7H2,1-5H3;7-10H,2-6H2,1H3. The van der Waals surface area contributed by atoms with Gasteiger partial charge in [-0.1, -0.05) is 301 Å². The van der Waals surface area contributed by atoms with E-state index in [1.165, 1.54) is 267 Å². The lowest BCUT2D eigenvalue weighted by Crippen LogP contribution is -2.34. The highest BCUT2D eigenvalue weighted by Gasteiger charge is 2.54. The summed E-state index contributed by atoms with van der Waals surface area (Å²) in [5.74, 6) is -0.780. The Labute approximate surface area is 746 Å². The second-order valence-corrected chi connectivity index (χ2v) is 52.8. The van der Waals surface area contributed by atoms with Gasteiger partial charge in [0.2, 0.25) is 0 Å². The number of rotatable bonds is 37. The molecule has 624 valence electrons. The third-order valence-corrected chi connectivity index (χ3v) is 38.5. The Kier molecular flexibility index (Phi) is 31.4. The number of carbonyl (C=O) groups is 2. The van der Waals surface area contributed by atoms with Crippen molar-refractivity contribution in [1.29, 1.82) is 0 Å². The molecule has 0 saturated heterocycles. The maximum absolute atomic E-state index is 13.0. The molecule has 15 rings (SSSR count). The van der Waals surface area contributed by atoms with E-state index < -0.39 is 32.9 Å². The van der Waals surface area contributed by atoms with Crippen molar-refractivity contribution < 1.29 is 19.1 Å². The maximum atomic E-state index is 13.0. The second kappa shape index (κ2) is 41.5. The van der Waals surface area contributed by atoms with Crippen molar-refractivity contribution >= 4 is 140 Å². The molecule has 13 aromatic rings. The number of halogens is 1. The van der Waals surface area contributed by atoms with Gasteiger partial charge in [-0.2, -0.15) is 0 Å². The largest absolute Gasteiger partial charge is 0.462 e. The summed E-state index contributed by atoms with van der Waals surface area (Å²) < 4.78 is 20.4. The summed E-state index contributed by atoms with van der Waals surface area (Å²) in [5, 5.41) is 4.33. The number of thiophene rings is 6. The van der Waals surface area contributed by atoms with Crippen molar-refractivity contribution in [1.82, 2.24) is 0 Å². The first-order valence-electron chi connectivity index (χ1n) is 44.8. The van der Waals surface area contributed by atoms with Gasteiger partial charge in [-0.3, -0.25) is 0 Å². The molecule has 7 aromatic carbocycles. The molecule has 2 aliphatic carbocycles. The Bertz CT molecular complexity index is 5320. The summed E-state index contributed by atoms with van der Waals surface area (Å²) in [6, 6.07) is 71.2. The zero-order chi connectivity index (χ0) is 83.9. The van der Waals surface area contributed by atoms with Crippen LogP contribution in [0.3, 0.4) is 0 Å². The molecule has 0 aliphatic heterocycles. The molecule has 0 bridgehead atoms. The predicted molar refractivity (Wildman–Crippen MR) is 532 cm³/mol. The van der Waals surface area contributed by atoms with Crippen molar-refractivity contribution in [2.45, 2.75) is 259 Å². The van der Waals surface area contributed by atoms with Gasteiger partial charge in [-0.25, -0.2) is 9.59 Å². The molecular weight excluding hydrogens is 1670 g/mol. The van der Waals surface area contributed by atoms with E-state index in [0.29, 0.717) is 22.3 Å². The zero-order valence-electron chi connectivity index (χ0n) is 73.0. The quantitative estimate of drug-likeness (QED) is 0.0221. The van der Waals surface area contributed by atoms with Crippen LogP contribution < -0.4 is 9.00 Å². The third-order valence-electron chi connectivity index (χ3n) is 24.2. The van der Waals surface area contributed by atoms with Crippen molar-refractivity contribution in [2.24, 2.45) is 0 Å². The van der Waals surface area contributed by atoms with Gasteiger partial charge in [-0.15, -0.1) is 68.0 Å². The molecule has 4 nitrogen and oxygen atoms in total. The smallest absolute Gasteiger partial charge is 0.338 e. The van der Waals surface area contributed by atoms with E-state index in [9.17, 15) is 9.59 Å². The Hall–Kier alpha value is -6.89. The summed E-state index contributed by atoms with van der Waals surface area (Å²) in [7, 11) is -2.99. The summed E-state index contributed by atoms with van der Waals surface area (Å²) >= 11 is 14.6. The highest BCUT2D eigenvalue weighted by atomic mass is 79.9. The number of hydrogen-bond acceptors (Lipinski definition) is 10. The minimum absolute atomic E-state index is 0.283. The lowest BCUT2D eigenvalue weighted by molar-refractivity contribution is 0.0513. The molecule has 6 heterocycles. The van der Waals surface area contributed by atoms with Crippen LogP contribution >= 0.6 is 84.0 Å². The molecule has 0 atom stereocenters. The van der Waals surface area contributed by atoms with Crippen LogP contribution in [0, 0.1) is 0 Å². The normalized spacial score (nSPS) is 13.1. The number of benzene rings is 7. The minimum atomic E-state index is -1.60. The Morgan fingerprint density at radius 2 is 0.731 bits per heavy atom. The fourth-order valence-corrected chi connectivity index (χ4v) is 28.8. The van der Waals surface area contributed by atoms with E-state index in [1.807, 2.05) is 40.2 Å².